The molecule has 2 heterocycles. The largest absolute Gasteiger partial charge is 0.478 e. The van der Waals surface area contributed by atoms with Gasteiger partial charge in [-0.05, 0) is 86.2 Å². The van der Waals surface area contributed by atoms with E-state index in [0.29, 0.717) is 5.92 Å². The van der Waals surface area contributed by atoms with Gasteiger partial charge in [0.1, 0.15) is 11.6 Å². The lowest BCUT2D eigenvalue weighted by Crippen LogP contribution is -2.46. The highest BCUT2D eigenvalue weighted by Crippen LogP contribution is 2.36. The molecule has 0 bridgehead atoms. The molecule has 0 aliphatic carbocycles. The predicted octanol–water partition coefficient (Wildman–Crippen LogP) is 6.90. The van der Waals surface area contributed by atoms with Crippen LogP contribution in [0.15, 0.2) is 36.4 Å². The molecule has 1 fully saturated rings. The van der Waals surface area contributed by atoms with Crippen LogP contribution >= 0.6 is 0 Å². The smallest absolute Gasteiger partial charge is 0.265 e. The number of nitrogens with zero attached hydrogens (tertiary/aromatic N) is 2. The first-order valence-electron chi connectivity index (χ1n) is 14.3. The van der Waals surface area contributed by atoms with Gasteiger partial charge in [0, 0.05) is 31.9 Å². The highest BCUT2D eigenvalue weighted by molar-refractivity contribution is 5.97. The lowest BCUT2D eigenvalue weighted by molar-refractivity contribution is -0.123. The second-order valence-electron chi connectivity index (χ2n) is 11.0. The molecule has 0 spiro atoms. The van der Waals surface area contributed by atoms with Crippen LogP contribution in [0, 0.1) is 12.7 Å². The van der Waals surface area contributed by atoms with Crippen LogP contribution in [0.25, 0.3) is 0 Å². The first-order chi connectivity index (χ1) is 17.9. The first kappa shape index (κ1) is 27.4. The predicted molar refractivity (Wildman–Crippen MR) is 150 cm³/mol. The van der Waals surface area contributed by atoms with Crippen molar-refractivity contribution in [1.29, 1.82) is 0 Å². The highest BCUT2D eigenvalue weighted by atomic mass is 19.1. The van der Waals surface area contributed by atoms with Crippen LogP contribution in [0.4, 0.5) is 15.8 Å². The lowest BCUT2D eigenvalue weighted by Gasteiger charge is -2.36. The average molecular weight is 510 g/mol. The van der Waals surface area contributed by atoms with Gasteiger partial charge in [-0.3, -0.25) is 9.69 Å². The number of hydrogen-bond donors (Lipinski definition) is 1. The Hall–Kier alpha value is -2.60. The number of halogens is 1. The number of nitrogens with one attached hydrogen (secondary N) is 1. The van der Waals surface area contributed by atoms with Crippen molar-refractivity contribution in [3.63, 3.8) is 0 Å². The quantitative estimate of drug-likeness (QED) is 0.316. The number of fused-ring (bicyclic) bond motifs is 1. The maximum absolute atomic E-state index is 13.1. The zero-order valence-corrected chi connectivity index (χ0v) is 22.9. The van der Waals surface area contributed by atoms with E-state index in [-0.39, 0.29) is 17.8 Å². The van der Waals surface area contributed by atoms with E-state index in [0.717, 1.165) is 62.6 Å². The van der Waals surface area contributed by atoms with Crippen molar-refractivity contribution >= 4 is 17.3 Å². The number of ether oxygens (including phenoxy) is 1. The van der Waals surface area contributed by atoms with Crippen molar-refractivity contribution in [2.75, 3.05) is 42.9 Å². The van der Waals surface area contributed by atoms with E-state index in [1.54, 1.807) is 12.1 Å². The van der Waals surface area contributed by atoms with E-state index >= 15 is 0 Å². The molecule has 1 amide bonds. The summed E-state index contributed by atoms with van der Waals surface area (Å²) in [5.74, 6) is 1.05. The van der Waals surface area contributed by atoms with Crippen molar-refractivity contribution in [3.8, 4) is 5.75 Å². The molecule has 2 aliphatic rings. The molecule has 0 saturated carbocycles. The van der Waals surface area contributed by atoms with Gasteiger partial charge in [-0.15, -0.1) is 0 Å². The molecule has 2 aromatic carbocycles. The maximum Gasteiger partial charge on any atom is 0.265 e. The average Bonchev–Trinajstić information content (AvgIpc) is 2.88. The second-order valence-corrected chi connectivity index (χ2v) is 11.0. The van der Waals surface area contributed by atoms with Crippen LogP contribution in [0.2, 0.25) is 0 Å². The lowest BCUT2D eigenvalue weighted by atomic mass is 9.96. The molecular weight excluding hydrogens is 465 g/mol. The number of hydrogen-bond acceptors (Lipinski definition) is 4. The van der Waals surface area contributed by atoms with E-state index in [1.165, 1.54) is 49.8 Å². The fourth-order valence-corrected chi connectivity index (χ4v) is 5.56. The summed E-state index contributed by atoms with van der Waals surface area (Å²) in [5.41, 5.74) is 4.41. The molecule has 2 aliphatic heterocycles. The van der Waals surface area contributed by atoms with E-state index in [9.17, 15) is 9.18 Å². The third-order valence-electron chi connectivity index (χ3n) is 7.81. The summed E-state index contributed by atoms with van der Waals surface area (Å²) < 4.78 is 19.2. The van der Waals surface area contributed by atoms with Crippen LogP contribution in [-0.4, -0.2) is 49.6 Å². The number of unbranched alkanes of at least 4 members (excludes halogenated alkanes) is 6. The van der Waals surface area contributed by atoms with Crippen LogP contribution in [0.5, 0.6) is 5.75 Å². The van der Waals surface area contributed by atoms with Crippen molar-refractivity contribution in [2.24, 2.45) is 0 Å². The summed E-state index contributed by atoms with van der Waals surface area (Å²) >= 11 is 0. The Morgan fingerprint density at radius 3 is 2.27 bits per heavy atom. The van der Waals surface area contributed by atoms with Crippen molar-refractivity contribution in [3.05, 3.63) is 53.3 Å². The molecule has 0 aromatic heterocycles. The Labute approximate surface area is 222 Å². The number of amides is 1. The number of anilines is 2. The summed E-state index contributed by atoms with van der Waals surface area (Å²) in [6.45, 7) is 11.8. The third kappa shape index (κ3) is 7.70. The molecule has 1 atom stereocenters. The monoisotopic (exact) mass is 509 g/mol. The number of carbonyl (C=O) groups excluding carboxylic acids is 1. The molecule has 0 radical (unpaired) electrons. The van der Waals surface area contributed by atoms with E-state index < -0.39 is 0 Å². The topological polar surface area (TPSA) is 44.8 Å². The number of piperazine rings is 1. The Bertz CT molecular complexity index is 1020. The summed E-state index contributed by atoms with van der Waals surface area (Å²) in [6, 6.07) is 11.0. The molecule has 2 aromatic rings. The van der Waals surface area contributed by atoms with Gasteiger partial charge >= 0.3 is 0 Å². The van der Waals surface area contributed by atoms with Gasteiger partial charge in [-0.25, -0.2) is 4.39 Å². The first-order valence-corrected chi connectivity index (χ1v) is 14.3. The minimum atomic E-state index is -0.375. The number of carbonyl (C=O) groups is 1. The van der Waals surface area contributed by atoms with Crippen LogP contribution in [0.3, 0.4) is 0 Å². The van der Waals surface area contributed by atoms with E-state index in [2.05, 4.69) is 48.0 Å². The molecule has 202 valence electrons. The zero-order chi connectivity index (χ0) is 26.2. The number of rotatable bonds is 12. The van der Waals surface area contributed by atoms with E-state index in [1.807, 2.05) is 12.1 Å². The van der Waals surface area contributed by atoms with Crippen molar-refractivity contribution in [1.82, 2.24) is 4.90 Å². The summed E-state index contributed by atoms with van der Waals surface area (Å²) in [7, 11) is 0. The van der Waals surface area contributed by atoms with E-state index in [4.69, 9.17) is 4.74 Å². The minimum Gasteiger partial charge on any atom is -0.478 e. The van der Waals surface area contributed by atoms with Crippen LogP contribution in [-0.2, 0) is 4.79 Å². The van der Waals surface area contributed by atoms with Crippen LogP contribution in [0.1, 0.15) is 82.3 Å². The Kier molecular flexibility index (Phi) is 9.84. The fourth-order valence-electron chi connectivity index (χ4n) is 5.56. The third-order valence-corrected chi connectivity index (χ3v) is 7.81. The Morgan fingerprint density at radius 1 is 0.946 bits per heavy atom. The molecular formula is C31H44FN3O2. The summed E-state index contributed by atoms with van der Waals surface area (Å²) in [4.78, 5) is 17.4. The molecule has 1 saturated heterocycles. The Balaban J connectivity index is 1.03. The molecule has 5 nitrogen and oxygen atoms in total. The van der Waals surface area contributed by atoms with Gasteiger partial charge in [0.25, 0.3) is 5.91 Å². The minimum absolute atomic E-state index is 0.00967. The highest BCUT2D eigenvalue weighted by Gasteiger charge is 2.28. The second kappa shape index (κ2) is 13.3. The van der Waals surface area contributed by atoms with Crippen molar-refractivity contribution in [2.45, 2.75) is 84.2 Å². The van der Waals surface area contributed by atoms with Gasteiger partial charge in [-0.2, -0.15) is 0 Å². The number of aryl methyl sites for hydroxylation is 1. The normalized spacial score (nSPS) is 18.0. The molecule has 1 N–H and O–H groups in total. The van der Waals surface area contributed by atoms with Gasteiger partial charge in [0.15, 0.2) is 6.10 Å². The fraction of sp³-hybridized carbons (Fsp3) is 0.581. The SMILES string of the molecule is Cc1cc2c(cc1C(C)C)NC(=O)C(CCCCCCCCCN1CCN(c3ccc(F)cc3)CC1)O2. The summed E-state index contributed by atoms with van der Waals surface area (Å²) in [5, 5.41) is 3.06. The van der Waals surface area contributed by atoms with Gasteiger partial charge in [0.2, 0.25) is 0 Å². The molecule has 6 heteroatoms. The van der Waals surface area contributed by atoms with Gasteiger partial charge in [-0.1, -0.05) is 46.0 Å². The molecule has 37 heavy (non-hydrogen) atoms. The van der Waals surface area contributed by atoms with Gasteiger partial charge < -0.3 is 15.0 Å². The van der Waals surface area contributed by atoms with Gasteiger partial charge in [0.05, 0.1) is 5.69 Å². The zero-order valence-electron chi connectivity index (χ0n) is 22.9. The Morgan fingerprint density at radius 2 is 1.59 bits per heavy atom. The van der Waals surface area contributed by atoms with Crippen molar-refractivity contribution < 1.29 is 13.9 Å². The maximum atomic E-state index is 13.1. The summed E-state index contributed by atoms with van der Waals surface area (Å²) in [6.07, 6.45) is 8.87. The van der Waals surface area contributed by atoms with Crippen LogP contribution < -0.4 is 15.0 Å². The standard InChI is InChI=1S/C31H44FN3O2/c1-23(2)27-22-28-30(21-24(27)3)37-29(31(36)33-28)11-9-7-5-4-6-8-10-16-34-17-19-35(20-18-34)26-14-12-25(32)13-15-26/h12-15,21-23,29H,4-11,16-20H2,1-3H3,(H,33,36). The number of benzene rings is 2. The molecule has 4 rings (SSSR count). The molecule has 1 unspecified atom stereocenters.